The van der Waals surface area contributed by atoms with Gasteiger partial charge in [-0.2, -0.15) is 0 Å². The largest absolute Gasteiger partial charge is 0.535 e. The number of hydrogen-bond donors (Lipinski definition) is 0. The molecule has 0 heterocycles. The van der Waals surface area contributed by atoms with Gasteiger partial charge in [-0.1, -0.05) is 0 Å². The first-order valence-electron chi connectivity index (χ1n) is 1.22. The number of hydrogen-bond acceptors (Lipinski definition) is 1. The Bertz CT molecular complexity index is 35.8. The smallest absolute Gasteiger partial charge is 0.0233 e. The van der Waals surface area contributed by atoms with Crippen LogP contribution in [0.15, 0.2) is 0 Å². The van der Waals surface area contributed by atoms with Crippen molar-refractivity contribution in [2.45, 2.75) is 6.55 Å². The summed E-state index contributed by atoms with van der Waals surface area (Å²) in [4.78, 5) is 0. The molecule has 0 rings (SSSR count). The molecule has 0 saturated carbocycles. The molecule has 0 aliphatic carbocycles. The van der Waals surface area contributed by atoms with Crippen molar-refractivity contribution < 1.29 is 0 Å². The molecule has 0 bridgehead atoms. The predicted molar refractivity (Wildman–Crippen MR) is 19.5 cm³/mol. The van der Waals surface area contributed by atoms with Gasteiger partial charge in [0.15, 0.2) is 5.39 Å². The Kier molecular flexibility index (Phi) is 2.40. The van der Waals surface area contributed by atoms with E-state index >= 15 is 0 Å². The van der Waals surface area contributed by atoms with Gasteiger partial charge in [0.05, 0.1) is 0 Å². The highest BCUT2D eigenvalue weighted by Gasteiger charge is 1.75. The zero-order valence-electron chi connectivity index (χ0n) is 2.60. The zero-order valence-corrected chi connectivity index (χ0v) is 4.02. The van der Waals surface area contributed by atoms with E-state index in [9.17, 15) is 0 Å². The van der Waals surface area contributed by atoms with Gasteiger partial charge in [-0.25, -0.2) is 0 Å². The van der Waals surface area contributed by atoms with Crippen LogP contribution in [0.2, 0.25) is 6.55 Å². The summed E-state index contributed by atoms with van der Waals surface area (Å²) in [7, 11) is -0.395. The Morgan fingerprint density at radius 1 is 2.00 bits per heavy atom. The second-order valence-electron chi connectivity index (χ2n) is 0.458. The van der Waals surface area contributed by atoms with Gasteiger partial charge in [-0.3, -0.25) is 0 Å². The standard InChI is InChI=1S/CH5N2Si/c1-4-3-2/h4H2,1H3/q+1. The van der Waals surface area contributed by atoms with E-state index in [1.165, 1.54) is 0 Å². The van der Waals surface area contributed by atoms with Crippen LogP contribution in [-0.2, 0) is 0 Å². The summed E-state index contributed by atoms with van der Waals surface area (Å²) >= 11 is 0. The highest BCUT2D eigenvalue weighted by atomic mass is 28.2. The Hall–Kier alpha value is -0.363. The molecule has 3 heteroatoms. The highest BCUT2D eigenvalue weighted by Crippen LogP contribution is 1.47. The maximum Gasteiger partial charge on any atom is 0.535 e. The van der Waals surface area contributed by atoms with Crippen molar-refractivity contribution in [2.24, 2.45) is 0 Å². The van der Waals surface area contributed by atoms with Crippen LogP contribution in [-0.4, -0.2) is 9.68 Å². The highest BCUT2D eigenvalue weighted by molar-refractivity contribution is 6.37. The first kappa shape index (κ1) is 3.64. The van der Waals surface area contributed by atoms with Gasteiger partial charge in [-0.15, -0.1) is 0 Å². The van der Waals surface area contributed by atoms with E-state index in [2.05, 4.69) is 4.64 Å². The molecule has 0 aliphatic heterocycles. The molecule has 0 unspecified atom stereocenters. The normalized spacial score (nSPS) is 8.00. The quantitative estimate of drug-likeness (QED) is 0.292. The van der Waals surface area contributed by atoms with Crippen molar-refractivity contribution in [3.05, 3.63) is 4.64 Å². The lowest BCUT2D eigenvalue weighted by Crippen LogP contribution is -1.56. The van der Waals surface area contributed by atoms with Gasteiger partial charge < -0.3 is 0 Å². The second-order valence-corrected chi connectivity index (χ2v) is 1.37. The molecule has 0 saturated heterocycles. The van der Waals surface area contributed by atoms with Gasteiger partial charge >= 0.3 is 9.68 Å². The van der Waals surface area contributed by atoms with Gasteiger partial charge in [0, 0.05) is 6.55 Å². The van der Waals surface area contributed by atoms with Crippen molar-refractivity contribution in [1.82, 2.24) is 0 Å². The molecule has 4 heavy (non-hydrogen) atoms. The zero-order chi connectivity index (χ0) is 3.41. The molecule has 0 aromatic heterocycles. The minimum absolute atomic E-state index is 0.395. The van der Waals surface area contributed by atoms with E-state index in [-0.39, 0.29) is 0 Å². The molecule has 0 spiro atoms. The number of nitrogens with zero attached hydrogens (tertiary/aromatic N) is 2. The first-order chi connectivity index (χ1) is 1.91. The van der Waals surface area contributed by atoms with E-state index in [0.29, 0.717) is 0 Å². The van der Waals surface area contributed by atoms with Crippen LogP contribution >= 0.6 is 0 Å². The van der Waals surface area contributed by atoms with Crippen molar-refractivity contribution in [1.29, 1.82) is 5.39 Å². The van der Waals surface area contributed by atoms with Crippen molar-refractivity contribution in [3.8, 4) is 0 Å². The van der Waals surface area contributed by atoms with Crippen LogP contribution in [0.1, 0.15) is 0 Å². The third-order valence-electron chi connectivity index (χ3n) is 0.141. The molecule has 0 fully saturated rings. The van der Waals surface area contributed by atoms with E-state index in [1.807, 2.05) is 6.55 Å². The van der Waals surface area contributed by atoms with Crippen LogP contribution in [0.5, 0.6) is 0 Å². The van der Waals surface area contributed by atoms with E-state index < -0.39 is 9.68 Å². The lowest BCUT2D eigenvalue weighted by Gasteiger charge is -1.26. The molecule has 0 amide bonds. The lowest BCUT2D eigenvalue weighted by molar-refractivity contribution is 1.51. The van der Waals surface area contributed by atoms with Crippen molar-refractivity contribution in [3.63, 3.8) is 0 Å². The molecule has 0 radical (unpaired) electrons. The monoisotopic (exact) mass is 73.0 g/mol. The average molecular weight is 73.2 g/mol. The fourth-order valence-corrected chi connectivity index (χ4v) is 0. The van der Waals surface area contributed by atoms with Crippen molar-refractivity contribution >= 4 is 9.68 Å². The maximum atomic E-state index is 7.56. The van der Waals surface area contributed by atoms with Gasteiger partial charge in [0.1, 0.15) is 0 Å². The minimum Gasteiger partial charge on any atom is -0.0233 e. The second kappa shape index (κ2) is 2.64. The third-order valence-corrected chi connectivity index (χ3v) is 0.424. The first-order valence-corrected chi connectivity index (χ1v) is 3.27. The SMILES string of the molecule is C[SiH2][N+]#N. The Balaban J connectivity index is 2.43. The van der Waals surface area contributed by atoms with Gasteiger partial charge in [-0.05, 0) is 4.64 Å². The summed E-state index contributed by atoms with van der Waals surface area (Å²) in [5.41, 5.74) is 0. The molecule has 0 aromatic rings. The number of rotatable bonds is 0. The molecule has 0 N–H and O–H groups in total. The molecule has 0 atom stereocenters. The van der Waals surface area contributed by atoms with Gasteiger partial charge in [0.25, 0.3) is 0 Å². The van der Waals surface area contributed by atoms with Crippen LogP contribution in [0.3, 0.4) is 0 Å². The lowest BCUT2D eigenvalue weighted by atomic mass is 11.9. The maximum absolute atomic E-state index is 7.56. The fraction of sp³-hybridized carbons (Fsp3) is 1.00. The van der Waals surface area contributed by atoms with Crippen molar-refractivity contribution in [2.75, 3.05) is 0 Å². The average Bonchev–Trinajstić information content (AvgIpc) is 1.37. The Morgan fingerprint density at radius 3 is 2.25 bits per heavy atom. The predicted octanol–water partition coefficient (Wildman–Crippen LogP) is -0.0286. The summed E-state index contributed by atoms with van der Waals surface area (Å²) in [6.45, 7) is 1.90. The summed E-state index contributed by atoms with van der Waals surface area (Å²) < 4.78 is 2.88. The topological polar surface area (TPSA) is 28.1 Å². The fourth-order valence-electron chi connectivity index (χ4n) is 0. The molecule has 2 nitrogen and oxygen atoms in total. The summed E-state index contributed by atoms with van der Waals surface area (Å²) in [5, 5.41) is 7.56. The Morgan fingerprint density at radius 2 is 2.25 bits per heavy atom. The molecular formula is CH5N2Si+. The molecule has 0 aliphatic rings. The third kappa shape index (κ3) is 1.64. The molecular weight excluding hydrogens is 68.1 g/mol. The summed E-state index contributed by atoms with van der Waals surface area (Å²) in [6.07, 6.45) is 0. The summed E-state index contributed by atoms with van der Waals surface area (Å²) in [6, 6.07) is 0. The minimum atomic E-state index is -0.395. The van der Waals surface area contributed by atoms with E-state index in [1.54, 1.807) is 0 Å². The van der Waals surface area contributed by atoms with Crippen LogP contribution < -0.4 is 0 Å². The number of diazo groups is 1. The van der Waals surface area contributed by atoms with E-state index in [4.69, 9.17) is 5.39 Å². The van der Waals surface area contributed by atoms with Crippen LogP contribution in [0, 0.1) is 5.39 Å². The molecule has 0 aromatic carbocycles. The molecule has 22 valence electrons. The Labute approximate surface area is 27.4 Å². The van der Waals surface area contributed by atoms with Gasteiger partial charge in [0.2, 0.25) is 0 Å². The summed E-state index contributed by atoms with van der Waals surface area (Å²) in [5.74, 6) is 0. The van der Waals surface area contributed by atoms with Crippen LogP contribution in [0.25, 0.3) is 4.64 Å². The van der Waals surface area contributed by atoms with E-state index in [0.717, 1.165) is 0 Å². The van der Waals surface area contributed by atoms with Crippen LogP contribution in [0.4, 0.5) is 0 Å².